The van der Waals surface area contributed by atoms with Gasteiger partial charge < -0.3 is 5.11 Å². The van der Waals surface area contributed by atoms with Crippen LogP contribution in [0.2, 0.25) is 5.02 Å². The van der Waals surface area contributed by atoms with Gasteiger partial charge in [0.25, 0.3) is 0 Å². The maximum Gasteiger partial charge on any atom is 0.105 e. The van der Waals surface area contributed by atoms with Crippen molar-refractivity contribution < 1.29 is 5.11 Å². The van der Waals surface area contributed by atoms with Gasteiger partial charge >= 0.3 is 0 Å². The Bertz CT molecular complexity index is 572. The summed E-state index contributed by atoms with van der Waals surface area (Å²) < 4.78 is 0. The van der Waals surface area contributed by atoms with Crippen LogP contribution in [0.5, 0.6) is 0 Å². The molecular formula is C18H21ClO. The summed E-state index contributed by atoms with van der Waals surface area (Å²) in [5, 5.41) is 11.1. The summed E-state index contributed by atoms with van der Waals surface area (Å²) in [7, 11) is 0. The van der Waals surface area contributed by atoms with Crippen molar-refractivity contribution in [1.29, 1.82) is 0 Å². The van der Waals surface area contributed by atoms with E-state index < -0.39 is 6.10 Å². The molecule has 2 heteroatoms. The van der Waals surface area contributed by atoms with Gasteiger partial charge in [0.2, 0.25) is 0 Å². The minimum Gasteiger partial charge on any atom is -0.384 e. The molecule has 0 bridgehead atoms. The van der Waals surface area contributed by atoms with E-state index in [4.69, 9.17) is 11.6 Å². The third kappa shape index (κ3) is 3.62. The van der Waals surface area contributed by atoms with Crippen LogP contribution in [-0.2, 0) is 6.42 Å². The monoisotopic (exact) mass is 288 g/mol. The fourth-order valence-electron chi connectivity index (χ4n) is 2.34. The van der Waals surface area contributed by atoms with Crippen LogP contribution in [0.25, 0.3) is 0 Å². The standard InChI is InChI=1S/C18H21ClO/c1-12(2)10-14-5-7-15(8-6-14)18(20)16-9-4-13(3)11-17(16)19/h4-9,11-12,18,20H,10H2,1-3H3. The summed E-state index contributed by atoms with van der Waals surface area (Å²) in [6.07, 6.45) is 0.387. The molecule has 0 aliphatic carbocycles. The van der Waals surface area contributed by atoms with Gasteiger partial charge in [0.1, 0.15) is 6.10 Å². The molecular weight excluding hydrogens is 268 g/mol. The van der Waals surface area contributed by atoms with E-state index in [2.05, 4.69) is 26.0 Å². The molecule has 0 aromatic heterocycles. The first-order valence-corrected chi connectivity index (χ1v) is 7.38. The van der Waals surface area contributed by atoms with Crippen molar-refractivity contribution in [2.75, 3.05) is 0 Å². The summed E-state index contributed by atoms with van der Waals surface area (Å²) >= 11 is 6.21. The largest absolute Gasteiger partial charge is 0.384 e. The van der Waals surface area contributed by atoms with Crippen LogP contribution in [-0.4, -0.2) is 5.11 Å². The molecule has 0 fully saturated rings. The molecule has 0 aliphatic heterocycles. The van der Waals surface area contributed by atoms with Crippen LogP contribution in [0.3, 0.4) is 0 Å². The summed E-state index contributed by atoms with van der Waals surface area (Å²) in [6.45, 7) is 6.40. The molecule has 20 heavy (non-hydrogen) atoms. The molecule has 2 aromatic carbocycles. The lowest BCUT2D eigenvalue weighted by atomic mass is 9.97. The highest BCUT2D eigenvalue weighted by Gasteiger charge is 2.14. The number of rotatable bonds is 4. The van der Waals surface area contributed by atoms with E-state index in [9.17, 15) is 5.11 Å². The zero-order valence-corrected chi connectivity index (χ0v) is 13.0. The van der Waals surface area contributed by atoms with Crippen molar-refractivity contribution in [3.05, 3.63) is 69.7 Å². The van der Waals surface area contributed by atoms with E-state index >= 15 is 0 Å². The molecule has 0 aliphatic rings. The average Bonchev–Trinajstić information content (AvgIpc) is 2.38. The van der Waals surface area contributed by atoms with E-state index in [1.807, 2.05) is 37.3 Å². The second-order valence-electron chi connectivity index (χ2n) is 5.77. The lowest BCUT2D eigenvalue weighted by Crippen LogP contribution is -2.01. The second-order valence-corrected chi connectivity index (χ2v) is 6.17. The Morgan fingerprint density at radius 2 is 1.70 bits per heavy atom. The Morgan fingerprint density at radius 3 is 2.25 bits per heavy atom. The first-order valence-electron chi connectivity index (χ1n) is 7.00. The van der Waals surface area contributed by atoms with Crippen molar-refractivity contribution in [2.24, 2.45) is 5.92 Å². The van der Waals surface area contributed by atoms with Gasteiger partial charge in [0.15, 0.2) is 0 Å². The van der Waals surface area contributed by atoms with Crippen LogP contribution in [0.15, 0.2) is 42.5 Å². The normalized spacial score (nSPS) is 12.7. The van der Waals surface area contributed by atoms with E-state index in [0.717, 1.165) is 23.1 Å². The molecule has 2 aromatic rings. The zero-order valence-electron chi connectivity index (χ0n) is 12.2. The topological polar surface area (TPSA) is 20.2 Å². The summed E-state index contributed by atoms with van der Waals surface area (Å²) in [4.78, 5) is 0. The second kappa shape index (κ2) is 6.43. The first kappa shape index (κ1) is 15.1. The van der Waals surface area contributed by atoms with E-state index in [-0.39, 0.29) is 0 Å². The number of benzene rings is 2. The minimum atomic E-state index is -0.670. The maximum absolute atomic E-state index is 10.5. The van der Waals surface area contributed by atoms with E-state index in [1.54, 1.807) is 0 Å². The van der Waals surface area contributed by atoms with Crippen molar-refractivity contribution in [3.63, 3.8) is 0 Å². The van der Waals surface area contributed by atoms with Gasteiger partial charge in [-0.15, -0.1) is 0 Å². The van der Waals surface area contributed by atoms with E-state index in [0.29, 0.717) is 10.9 Å². The third-order valence-electron chi connectivity index (χ3n) is 3.39. The molecule has 1 unspecified atom stereocenters. The lowest BCUT2D eigenvalue weighted by Gasteiger charge is -2.14. The fourth-order valence-corrected chi connectivity index (χ4v) is 2.68. The fraction of sp³-hybridized carbons (Fsp3) is 0.333. The molecule has 0 saturated carbocycles. The highest BCUT2D eigenvalue weighted by molar-refractivity contribution is 6.31. The molecule has 0 spiro atoms. The smallest absolute Gasteiger partial charge is 0.105 e. The SMILES string of the molecule is Cc1ccc(C(O)c2ccc(CC(C)C)cc2)c(Cl)c1. The van der Waals surface area contributed by atoms with Gasteiger partial charge in [-0.05, 0) is 42.0 Å². The predicted molar refractivity (Wildman–Crippen MR) is 85.2 cm³/mol. The van der Waals surface area contributed by atoms with Crippen LogP contribution >= 0.6 is 11.6 Å². The van der Waals surface area contributed by atoms with Gasteiger partial charge in [0, 0.05) is 10.6 Å². The molecule has 0 amide bonds. The predicted octanol–water partition coefficient (Wildman–Crippen LogP) is 4.93. The Hall–Kier alpha value is -1.31. The highest BCUT2D eigenvalue weighted by atomic mass is 35.5. The van der Waals surface area contributed by atoms with Gasteiger partial charge in [-0.2, -0.15) is 0 Å². The molecule has 0 saturated heterocycles. The molecule has 1 nitrogen and oxygen atoms in total. The Balaban J connectivity index is 2.22. The third-order valence-corrected chi connectivity index (χ3v) is 3.72. The molecule has 2 rings (SSSR count). The van der Waals surface area contributed by atoms with Crippen LogP contribution in [0.4, 0.5) is 0 Å². The first-order chi connectivity index (χ1) is 9.47. The Labute approximate surface area is 126 Å². The average molecular weight is 289 g/mol. The number of halogens is 1. The maximum atomic E-state index is 10.5. The quantitative estimate of drug-likeness (QED) is 0.846. The molecule has 1 atom stereocenters. The minimum absolute atomic E-state index is 0.615. The van der Waals surface area contributed by atoms with Crippen LogP contribution < -0.4 is 0 Å². The molecule has 1 N–H and O–H groups in total. The van der Waals surface area contributed by atoms with Crippen molar-refractivity contribution in [3.8, 4) is 0 Å². The van der Waals surface area contributed by atoms with Crippen molar-refractivity contribution in [1.82, 2.24) is 0 Å². The molecule has 106 valence electrons. The van der Waals surface area contributed by atoms with Crippen molar-refractivity contribution >= 4 is 11.6 Å². The van der Waals surface area contributed by atoms with Gasteiger partial charge in [0.05, 0.1) is 0 Å². The number of hydrogen-bond donors (Lipinski definition) is 1. The van der Waals surface area contributed by atoms with Crippen molar-refractivity contribution in [2.45, 2.75) is 33.3 Å². The highest BCUT2D eigenvalue weighted by Crippen LogP contribution is 2.29. The lowest BCUT2D eigenvalue weighted by molar-refractivity contribution is 0.220. The van der Waals surface area contributed by atoms with Gasteiger partial charge in [-0.1, -0.05) is 61.8 Å². The number of aliphatic hydroxyl groups excluding tert-OH is 1. The van der Waals surface area contributed by atoms with Crippen LogP contribution in [0.1, 0.15) is 42.2 Å². The molecule has 0 heterocycles. The Kier molecular flexibility index (Phi) is 4.85. The zero-order chi connectivity index (χ0) is 14.7. The summed E-state index contributed by atoms with van der Waals surface area (Å²) in [5.41, 5.74) is 4.03. The molecule has 0 radical (unpaired) electrons. The summed E-state index contributed by atoms with van der Waals surface area (Å²) in [6, 6.07) is 13.9. The Morgan fingerprint density at radius 1 is 1.05 bits per heavy atom. The number of aliphatic hydroxyl groups is 1. The van der Waals surface area contributed by atoms with Crippen LogP contribution in [0, 0.1) is 12.8 Å². The number of aryl methyl sites for hydroxylation is 1. The summed E-state index contributed by atoms with van der Waals surface area (Å²) in [5.74, 6) is 0.636. The van der Waals surface area contributed by atoms with E-state index in [1.165, 1.54) is 5.56 Å². The number of hydrogen-bond acceptors (Lipinski definition) is 1. The van der Waals surface area contributed by atoms with Gasteiger partial charge in [-0.3, -0.25) is 0 Å². The van der Waals surface area contributed by atoms with Gasteiger partial charge in [-0.25, -0.2) is 0 Å².